The molecule has 0 aromatic heterocycles. The van der Waals surface area contributed by atoms with E-state index in [0.717, 1.165) is 16.1 Å². The maximum absolute atomic E-state index is 14.1. The lowest BCUT2D eigenvalue weighted by Gasteiger charge is -2.34. The Hall–Kier alpha value is -2.78. The van der Waals surface area contributed by atoms with Crippen molar-refractivity contribution in [2.45, 2.75) is 32.9 Å². The highest BCUT2D eigenvalue weighted by molar-refractivity contribution is 7.92. The molecule has 40 heavy (non-hydrogen) atoms. The van der Waals surface area contributed by atoms with Gasteiger partial charge in [-0.3, -0.25) is 13.9 Å². The van der Waals surface area contributed by atoms with E-state index in [2.05, 4.69) is 5.32 Å². The van der Waals surface area contributed by atoms with Gasteiger partial charge in [0.05, 0.1) is 17.0 Å². The highest BCUT2D eigenvalue weighted by Gasteiger charge is 2.33. The van der Waals surface area contributed by atoms with Gasteiger partial charge in [-0.05, 0) is 41.3 Å². The Morgan fingerprint density at radius 1 is 0.900 bits per heavy atom. The van der Waals surface area contributed by atoms with Gasteiger partial charge in [0, 0.05) is 29.6 Å². The zero-order valence-corrected chi connectivity index (χ0v) is 25.6. The number of halogens is 3. The fourth-order valence-corrected chi connectivity index (χ4v) is 5.68. The van der Waals surface area contributed by atoms with E-state index in [9.17, 15) is 18.0 Å². The topological polar surface area (TPSA) is 86.8 Å². The van der Waals surface area contributed by atoms with Crippen LogP contribution in [0, 0.1) is 5.92 Å². The molecule has 1 N–H and O–H groups in total. The SMILES string of the molecule is CC(C)CNC(=O)C(Cc1ccccc1)N(Cc1ccc(Cl)cc1Cl)C(=O)CN(c1ccccc1Cl)S(C)(=O)=O. The molecule has 0 saturated heterocycles. The summed E-state index contributed by atoms with van der Waals surface area (Å²) in [6.07, 6.45) is 1.20. The molecule has 3 rings (SSSR count). The second-order valence-corrected chi connectivity index (χ2v) is 13.0. The quantitative estimate of drug-likeness (QED) is 0.275. The third-order valence-electron chi connectivity index (χ3n) is 6.11. The Labute approximate surface area is 251 Å². The van der Waals surface area contributed by atoms with Gasteiger partial charge in [0.2, 0.25) is 21.8 Å². The zero-order chi connectivity index (χ0) is 29.4. The maximum Gasteiger partial charge on any atom is 0.244 e. The Balaban J connectivity index is 2.08. The van der Waals surface area contributed by atoms with Crippen molar-refractivity contribution in [3.8, 4) is 0 Å². The zero-order valence-electron chi connectivity index (χ0n) is 22.5. The number of amides is 2. The van der Waals surface area contributed by atoms with Crippen molar-refractivity contribution in [2.75, 3.05) is 23.7 Å². The number of hydrogen-bond donors (Lipinski definition) is 1. The highest BCUT2D eigenvalue weighted by Crippen LogP contribution is 2.28. The van der Waals surface area contributed by atoms with Gasteiger partial charge < -0.3 is 10.2 Å². The monoisotopic (exact) mass is 623 g/mol. The van der Waals surface area contributed by atoms with Crippen molar-refractivity contribution in [3.63, 3.8) is 0 Å². The summed E-state index contributed by atoms with van der Waals surface area (Å²) in [5, 5.41) is 3.84. The molecule has 1 atom stereocenters. The van der Waals surface area contributed by atoms with E-state index in [1.807, 2.05) is 44.2 Å². The summed E-state index contributed by atoms with van der Waals surface area (Å²) < 4.78 is 26.6. The smallest absolute Gasteiger partial charge is 0.244 e. The first-order valence-corrected chi connectivity index (χ1v) is 15.6. The second kappa shape index (κ2) is 14.2. The number of benzene rings is 3. The summed E-state index contributed by atoms with van der Waals surface area (Å²) in [6.45, 7) is 3.72. The average Bonchev–Trinajstić information content (AvgIpc) is 2.89. The van der Waals surface area contributed by atoms with Crippen molar-refractivity contribution in [2.24, 2.45) is 5.92 Å². The molecule has 0 aliphatic carbocycles. The van der Waals surface area contributed by atoms with Crippen LogP contribution in [0.1, 0.15) is 25.0 Å². The summed E-state index contributed by atoms with van der Waals surface area (Å²) in [5.41, 5.74) is 1.55. The minimum Gasteiger partial charge on any atom is -0.354 e. The molecule has 0 aliphatic heterocycles. The first-order chi connectivity index (χ1) is 18.9. The van der Waals surface area contributed by atoms with Gasteiger partial charge in [-0.25, -0.2) is 8.42 Å². The summed E-state index contributed by atoms with van der Waals surface area (Å²) in [5.74, 6) is -0.784. The Morgan fingerprint density at radius 3 is 2.15 bits per heavy atom. The normalized spacial score (nSPS) is 12.2. The van der Waals surface area contributed by atoms with E-state index >= 15 is 0 Å². The largest absolute Gasteiger partial charge is 0.354 e. The molecule has 11 heteroatoms. The molecule has 7 nitrogen and oxygen atoms in total. The van der Waals surface area contributed by atoms with Crippen molar-refractivity contribution in [1.29, 1.82) is 0 Å². The lowest BCUT2D eigenvalue weighted by molar-refractivity contribution is -0.140. The molecule has 3 aromatic carbocycles. The van der Waals surface area contributed by atoms with Crippen molar-refractivity contribution in [1.82, 2.24) is 10.2 Å². The predicted molar refractivity (Wildman–Crippen MR) is 162 cm³/mol. The molecule has 0 saturated carbocycles. The number of nitrogens with zero attached hydrogens (tertiary/aromatic N) is 2. The van der Waals surface area contributed by atoms with E-state index in [0.29, 0.717) is 22.2 Å². The van der Waals surface area contributed by atoms with E-state index in [1.54, 1.807) is 36.4 Å². The number of carbonyl (C=O) groups is 2. The van der Waals surface area contributed by atoms with Gasteiger partial charge in [0.1, 0.15) is 12.6 Å². The Bertz CT molecular complexity index is 1440. The minimum absolute atomic E-state index is 0.0540. The fraction of sp³-hybridized carbons (Fsp3) is 0.310. The van der Waals surface area contributed by atoms with Crippen LogP contribution in [0.5, 0.6) is 0 Å². The van der Waals surface area contributed by atoms with Gasteiger partial charge >= 0.3 is 0 Å². The molecule has 2 amide bonds. The molecule has 3 aromatic rings. The van der Waals surface area contributed by atoms with E-state index < -0.39 is 28.5 Å². The molecule has 0 fully saturated rings. The van der Waals surface area contributed by atoms with Gasteiger partial charge in [-0.15, -0.1) is 0 Å². The first kappa shape index (κ1) is 31.7. The van der Waals surface area contributed by atoms with Crippen LogP contribution >= 0.6 is 34.8 Å². The van der Waals surface area contributed by atoms with Crippen LogP contribution in [0.25, 0.3) is 0 Å². The molecule has 1 unspecified atom stereocenters. The lowest BCUT2D eigenvalue weighted by Crippen LogP contribution is -2.53. The van der Waals surface area contributed by atoms with Crippen molar-refractivity contribution >= 4 is 62.3 Å². The van der Waals surface area contributed by atoms with Gasteiger partial charge in [0.15, 0.2) is 0 Å². The standard InChI is InChI=1S/C29H32Cl3N3O4S/c1-20(2)17-33-29(37)27(15-21-9-5-4-6-10-21)34(18-22-13-14-23(30)16-25(22)32)28(36)19-35(40(3,38)39)26-12-8-7-11-24(26)31/h4-14,16,20,27H,15,17-19H2,1-3H3,(H,33,37). The highest BCUT2D eigenvalue weighted by atomic mass is 35.5. The summed E-state index contributed by atoms with van der Waals surface area (Å²) in [6, 6.07) is 19.6. The summed E-state index contributed by atoms with van der Waals surface area (Å²) in [4.78, 5) is 29.1. The molecule has 0 bridgehead atoms. The van der Waals surface area contributed by atoms with Crippen LogP contribution < -0.4 is 9.62 Å². The number of anilines is 1. The van der Waals surface area contributed by atoms with Crippen molar-refractivity contribution in [3.05, 3.63) is 99.0 Å². The lowest BCUT2D eigenvalue weighted by atomic mass is 10.0. The number of carbonyl (C=O) groups excluding carboxylic acids is 2. The third-order valence-corrected chi connectivity index (χ3v) is 8.14. The van der Waals surface area contributed by atoms with Crippen LogP contribution in [-0.2, 0) is 32.6 Å². The molecule has 0 spiro atoms. The summed E-state index contributed by atoms with van der Waals surface area (Å²) in [7, 11) is -3.92. The molecular weight excluding hydrogens is 593 g/mol. The number of sulfonamides is 1. The second-order valence-electron chi connectivity index (χ2n) is 9.82. The Morgan fingerprint density at radius 2 is 1.55 bits per heavy atom. The van der Waals surface area contributed by atoms with Crippen LogP contribution in [0.15, 0.2) is 72.8 Å². The van der Waals surface area contributed by atoms with Gasteiger partial charge in [-0.1, -0.05) is 97.2 Å². The van der Waals surface area contributed by atoms with Crippen LogP contribution in [0.4, 0.5) is 5.69 Å². The fourth-order valence-electron chi connectivity index (χ4n) is 4.06. The average molecular weight is 625 g/mol. The van der Waals surface area contributed by atoms with Crippen molar-refractivity contribution < 1.29 is 18.0 Å². The minimum atomic E-state index is -3.92. The molecule has 0 aliphatic rings. The number of hydrogen-bond acceptors (Lipinski definition) is 4. The van der Waals surface area contributed by atoms with E-state index in [-0.39, 0.29) is 35.5 Å². The first-order valence-electron chi connectivity index (χ1n) is 12.6. The van der Waals surface area contributed by atoms with Crippen LogP contribution in [-0.4, -0.2) is 50.5 Å². The predicted octanol–water partition coefficient (Wildman–Crippen LogP) is 5.83. The number of rotatable bonds is 12. The van der Waals surface area contributed by atoms with Gasteiger partial charge in [-0.2, -0.15) is 0 Å². The molecular formula is C29H32Cl3N3O4S. The van der Waals surface area contributed by atoms with E-state index in [4.69, 9.17) is 34.8 Å². The molecule has 214 valence electrons. The summed E-state index contributed by atoms with van der Waals surface area (Å²) >= 11 is 18.9. The van der Waals surface area contributed by atoms with Gasteiger partial charge in [0.25, 0.3) is 0 Å². The van der Waals surface area contributed by atoms with E-state index in [1.165, 1.54) is 11.0 Å². The maximum atomic E-state index is 14.1. The van der Waals surface area contributed by atoms with Crippen LogP contribution in [0.2, 0.25) is 15.1 Å². The third kappa shape index (κ3) is 8.86. The van der Waals surface area contributed by atoms with Crippen LogP contribution in [0.3, 0.4) is 0 Å². The Kier molecular flexibility index (Phi) is 11.3. The number of nitrogens with one attached hydrogen (secondary N) is 1. The molecule has 0 heterocycles. The molecule has 0 radical (unpaired) electrons. The number of para-hydroxylation sites is 1.